The summed E-state index contributed by atoms with van der Waals surface area (Å²) in [6.07, 6.45) is 0.157. The first-order valence-corrected chi connectivity index (χ1v) is 7.30. The van der Waals surface area contributed by atoms with Crippen molar-refractivity contribution >= 4 is 29.1 Å². The molecule has 2 rings (SSSR count). The molecule has 0 spiro atoms. The lowest BCUT2D eigenvalue weighted by atomic mass is 10.1. The van der Waals surface area contributed by atoms with E-state index in [0.717, 1.165) is 5.75 Å². The number of para-hydroxylation sites is 1. The molecule has 1 N–H and O–H groups in total. The maximum absolute atomic E-state index is 11.8. The molecule has 0 unspecified atom stereocenters. The second kappa shape index (κ2) is 7.91. The van der Waals surface area contributed by atoms with Gasteiger partial charge in [-0.1, -0.05) is 47.5 Å². The first-order chi connectivity index (χ1) is 10.2. The molecule has 3 nitrogen and oxygen atoms in total. The van der Waals surface area contributed by atoms with Crippen molar-refractivity contribution in [1.29, 1.82) is 0 Å². The fourth-order valence-electron chi connectivity index (χ4n) is 1.80. The number of carbonyl (C=O) groups is 1. The predicted octanol–water partition coefficient (Wildman–Crippen LogP) is 3.73. The lowest BCUT2D eigenvalue weighted by molar-refractivity contribution is -0.120. The molecule has 0 saturated carbocycles. The summed E-state index contributed by atoms with van der Waals surface area (Å²) < 4.78 is 5.49. The van der Waals surface area contributed by atoms with Crippen molar-refractivity contribution in [2.75, 3.05) is 13.2 Å². The summed E-state index contributed by atoms with van der Waals surface area (Å²) in [4.78, 5) is 11.8. The summed E-state index contributed by atoms with van der Waals surface area (Å²) in [6, 6.07) is 14.6. The molecule has 0 aromatic heterocycles. The zero-order valence-corrected chi connectivity index (χ0v) is 12.8. The van der Waals surface area contributed by atoms with Crippen LogP contribution in [0.5, 0.6) is 5.75 Å². The van der Waals surface area contributed by atoms with Gasteiger partial charge in [0.1, 0.15) is 12.4 Å². The fourth-order valence-corrected chi connectivity index (χ4v) is 2.33. The van der Waals surface area contributed by atoms with E-state index in [1.807, 2.05) is 30.3 Å². The van der Waals surface area contributed by atoms with Gasteiger partial charge in [0.15, 0.2) is 0 Å². The van der Waals surface area contributed by atoms with Crippen molar-refractivity contribution < 1.29 is 9.53 Å². The molecule has 0 aliphatic heterocycles. The van der Waals surface area contributed by atoms with Crippen LogP contribution < -0.4 is 10.1 Å². The molecule has 5 heteroatoms. The summed E-state index contributed by atoms with van der Waals surface area (Å²) >= 11 is 12.1. The zero-order chi connectivity index (χ0) is 15.1. The molecular formula is C16H15Cl2NO2. The molecule has 0 fully saturated rings. The van der Waals surface area contributed by atoms with E-state index >= 15 is 0 Å². The molecular weight excluding hydrogens is 309 g/mol. The first-order valence-electron chi connectivity index (χ1n) is 6.54. The molecule has 2 aromatic rings. The maximum Gasteiger partial charge on any atom is 0.224 e. The number of hydrogen-bond acceptors (Lipinski definition) is 2. The van der Waals surface area contributed by atoms with E-state index in [9.17, 15) is 4.79 Å². The SMILES string of the molecule is O=C(Cc1c(Cl)cccc1Cl)NCCOc1ccccc1. The van der Waals surface area contributed by atoms with Crippen molar-refractivity contribution in [3.8, 4) is 5.75 Å². The molecule has 0 saturated heterocycles. The van der Waals surface area contributed by atoms with E-state index in [0.29, 0.717) is 28.8 Å². The van der Waals surface area contributed by atoms with Crippen LogP contribution in [-0.4, -0.2) is 19.1 Å². The number of carbonyl (C=O) groups excluding carboxylic acids is 1. The highest BCUT2D eigenvalue weighted by atomic mass is 35.5. The number of hydrogen-bond donors (Lipinski definition) is 1. The molecule has 0 radical (unpaired) electrons. The minimum Gasteiger partial charge on any atom is -0.492 e. The Morgan fingerprint density at radius 3 is 2.33 bits per heavy atom. The number of amides is 1. The predicted molar refractivity (Wildman–Crippen MR) is 85.1 cm³/mol. The monoisotopic (exact) mass is 323 g/mol. The quantitative estimate of drug-likeness (QED) is 0.822. The molecule has 0 atom stereocenters. The average Bonchev–Trinajstić information content (AvgIpc) is 2.49. The van der Waals surface area contributed by atoms with Gasteiger partial charge in [-0.3, -0.25) is 4.79 Å². The molecule has 110 valence electrons. The van der Waals surface area contributed by atoms with Crippen molar-refractivity contribution in [3.63, 3.8) is 0 Å². The van der Waals surface area contributed by atoms with Gasteiger partial charge in [-0.05, 0) is 29.8 Å². The van der Waals surface area contributed by atoms with Gasteiger partial charge in [-0.2, -0.15) is 0 Å². The smallest absolute Gasteiger partial charge is 0.224 e. The normalized spacial score (nSPS) is 10.2. The summed E-state index contributed by atoms with van der Waals surface area (Å²) in [5.41, 5.74) is 0.641. The highest BCUT2D eigenvalue weighted by Gasteiger charge is 2.10. The van der Waals surface area contributed by atoms with Crippen molar-refractivity contribution in [2.45, 2.75) is 6.42 Å². The Hall–Kier alpha value is -1.71. The first kappa shape index (κ1) is 15.7. The van der Waals surface area contributed by atoms with Gasteiger partial charge in [-0.15, -0.1) is 0 Å². The lowest BCUT2D eigenvalue weighted by Gasteiger charge is -2.09. The molecule has 0 heterocycles. The van der Waals surface area contributed by atoms with Crippen molar-refractivity contribution in [2.24, 2.45) is 0 Å². The largest absolute Gasteiger partial charge is 0.492 e. The van der Waals surface area contributed by atoms with E-state index in [-0.39, 0.29) is 12.3 Å². The number of halogens is 2. The molecule has 2 aromatic carbocycles. The Balaban J connectivity index is 1.75. The van der Waals surface area contributed by atoms with Crippen LogP contribution in [0.4, 0.5) is 0 Å². The van der Waals surface area contributed by atoms with Gasteiger partial charge in [0.25, 0.3) is 0 Å². The Morgan fingerprint density at radius 2 is 1.67 bits per heavy atom. The number of benzene rings is 2. The fraction of sp³-hybridized carbons (Fsp3) is 0.188. The minimum absolute atomic E-state index is 0.137. The summed E-state index contributed by atoms with van der Waals surface area (Å²) in [6.45, 7) is 0.835. The highest BCUT2D eigenvalue weighted by molar-refractivity contribution is 6.36. The van der Waals surface area contributed by atoms with Crippen LogP contribution in [0.15, 0.2) is 48.5 Å². The van der Waals surface area contributed by atoms with Gasteiger partial charge >= 0.3 is 0 Å². The van der Waals surface area contributed by atoms with E-state index in [1.54, 1.807) is 18.2 Å². The van der Waals surface area contributed by atoms with Crippen LogP contribution in [-0.2, 0) is 11.2 Å². The third-order valence-electron chi connectivity index (χ3n) is 2.84. The standard InChI is InChI=1S/C16H15Cl2NO2/c17-14-7-4-8-15(18)13(14)11-16(20)19-9-10-21-12-5-2-1-3-6-12/h1-8H,9-11H2,(H,19,20). The third kappa shape index (κ3) is 4.96. The highest BCUT2D eigenvalue weighted by Crippen LogP contribution is 2.24. The van der Waals surface area contributed by atoms with Gasteiger partial charge in [0.05, 0.1) is 13.0 Å². The zero-order valence-electron chi connectivity index (χ0n) is 11.3. The van der Waals surface area contributed by atoms with E-state index in [2.05, 4.69) is 5.32 Å². The van der Waals surface area contributed by atoms with Gasteiger partial charge in [-0.25, -0.2) is 0 Å². The van der Waals surface area contributed by atoms with E-state index in [1.165, 1.54) is 0 Å². The van der Waals surface area contributed by atoms with E-state index < -0.39 is 0 Å². The van der Waals surface area contributed by atoms with Crippen molar-refractivity contribution in [3.05, 3.63) is 64.1 Å². The van der Waals surface area contributed by atoms with E-state index in [4.69, 9.17) is 27.9 Å². The van der Waals surface area contributed by atoms with Crippen LogP contribution in [0.2, 0.25) is 10.0 Å². The maximum atomic E-state index is 11.8. The van der Waals surface area contributed by atoms with Gasteiger partial charge < -0.3 is 10.1 Å². The molecule has 0 bridgehead atoms. The number of ether oxygens (including phenoxy) is 1. The van der Waals surface area contributed by atoms with Crippen LogP contribution in [0.25, 0.3) is 0 Å². The summed E-state index contributed by atoms with van der Waals surface area (Å²) in [5, 5.41) is 3.77. The Morgan fingerprint density at radius 1 is 1.00 bits per heavy atom. The Labute approximate surface area is 133 Å². The average molecular weight is 324 g/mol. The molecule has 0 aliphatic rings. The van der Waals surface area contributed by atoms with Crippen LogP contribution in [0, 0.1) is 0 Å². The summed E-state index contributed by atoms with van der Waals surface area (Å²) in [5.74, 6) is 0.641. The van der Waals surface area contributed by atoms with Crippen LogP contribution in [0.3, 0.4) is 0 Å². The molecule has 1 amide bonds. The van der Waals surface area contributed by atoms with Gasteiger partial charge in [0, 0.05) is 10.0 Å². The topological polar surface area (TPSA) is 38.3 Å². The summed E-state index contributed by atoms with van der Waals surface area (Å²) in [7, 11) is 0. The second-order valence-electron chi connectivity index (χ2n) is 4.39. The van der Waals surface area contributed by atoms with Gasteiger partial charge in [0.2, 0.25) is 5.91 Å². The number of nitrogens with one attached hydrogen (secondary N) is 1. The third-order valence-corrected chi connectivity index (χ3v) is 3.54. The lowest BCUT2D eigenvalue weighted by Crippen LogP contribution is -2.29. The minimum atomic E-state index is -0.137. The van der Waals surface area contributed by atoms with Crippen molar-refractivity contribution in [1.82, 2.24) is 5.32 Å². The molecule has 0 aliphatic carbocycles. The molecule has 21 heavy (non-hydrogen) atoms. The Bertz CT molecular complexity index is 582. The Kier molecular flexibility index (Phi) is 5.90. The second-order valence-corrected chi connectivity index (χ2v) is 5.20. The van der Waals surface area contributed by atoms with Crippen LogP contribution in [0.1, 0.15) is 5.56 Å². The number of rotatable bonds is 6. The van der Waals surface area contributed by atoms with Crippen LogP contribution >= 0.6 is 23.2 Å².